The molecule has 0 saturated carbocycles. The van der Waals surface area contributed by atoms with E-state index in [0.717, 1.165) is 33.0 Å². The van der Waals surface area contributed by atoms with Crippen LogP contribution in [0, 0.1) is 0 Å². The van der Waals surface area contributed by atoms with E-state index in [-0.39, 0.29) is 6.42 Å². The molecule has 7 heteroatoms. The molecule has 0 radical (unpaired) electrons. The molecule has 0 amide bonds. The van der Waals surface area contributed by atoms with Crippen molar-refractivity contribution in [3.63, 3.8) is 0 Å². The van der Waals surface area contributed by atoms with E-state index < -0.39 is 5.97 Å². The molecule has 30 heavy (non-hydrogen) atoms. The molecule has 5 rings (SSSR count). The van der Waals surface area contributed by atoms with Crippen molar-refractivity contribution in [1.82, 2.24) is 14.5 Å². The van der Waals surface area contributed by atoms with Crippen molar-refractivity contribution in [2.45, 2.75) is 13.0 Å². The second-order valence-electron chi connectivity index (χ2n) is 7.06. The zero-order valence-electron chi connectivity index (χ0n) is 15.7. The summed E-state index contributed by atoms with van der Waals surface area (Å²) in [6, 6.07) is 13.6. The third-order valence-electron chi connectivity index (χ3n) is 5.09. The van der Waals surface area contributed by atoms with Gasteiger partial charge in [0.05, 0.1) is 6.42 Å². The fraction of sp³-hybridized carbons (Fsp3) is 0.0870. The zero-order chi connectivity index (χ0) is 20.7. The van der Waals surface area contributed by atoms with Gasteiger partial charge in [-0.2, -0.15) is 0 Å². The normalized spacial score (nSPS) is 11.4. The molecule has 2 aromatic carbocycles. The van der Waals surface area contributed by atoms with Gasteiger partial charge in [-0.15, -0.1) is 11.3 Å². The Bertz CT molecular complexity index is 1390. The van der Waals surface area contributed by atoms with E-state index in [2.05, 4.69) is 19.9 Å². The number of carboxylic acids is 1. The second-order valence-corrected chi connectivity index (χ2v) is 8.41. The molecular formula is C23H16ClN3O2S. The number of aliphatic carboxylic acids is 1. The van der Waals surface area contributed by atoms with Crippen molar-refractivity contribution < 1.29 is 9.90 Å². The number of hydrogen-bond acceptors (Lipinski definition) is 4. The van der Waals surface area contributed by atoms with Gasteiger partial charge in [-0.05, 0) is 52.2 Å². The summed E-state index contributed by atoms with van der Waals surface area (Å²) in [4.78, 5) is 20.1. The molecule has 0 aliphatic heterocycles. The lowest BCUT2D eigenvalue weighted by molar-refractivity contribution is -0.136. The molecule has 0 aliphatic rings. The van der Waals surface area contributed by atoms with Crippen LogP contribution in [0.2, 0.25) is 5.02 Å². The van der Waals surface area contributed by atoms with E-state index in [1.54, 1.807) is 29.8 Å². The van der Waals surface area contributed by atoms with Gasteiger partial charge in [0.1, 0.15) is 0 Å². The number of thiophene rings is 1. The van der Waals surface area contributed by atoms with Gasteiger partial charge in [0.15, 0.2) is 5.82 Å². The van der Waals surface area contributed by atoms with Gasteiger partial charge in [0.25, 0.3) is 0 Å². The molecular weight excluding hydrogens is 418 g/mol. The quantitative estimate of drug-likeness (QED) is 0.389. The van der Waals surface area contributed by atoms with Crippen molar-refractivity contribution in [1.29, 1.82) is 0 Å². The average molecular weight is 434 g/mol. The van der Waals surface area contributed by atoms with Crippen LogP contribution in [-0.2, 0) is 17.8 Å². The minimum Gasteiger partial charge on any atom is -0.481 e. The SMILES string of the molecule is O=C(O)Cc1cn(Cc2csc3ccc(Cl)cc23)c2cc(-c3ncccn3)ccc12. The first-order chi connectivity index (χ1) is 14.6. The van der Waals surface area contributed by atoms with Crippen molar-refractivity contribution in [3.05, 3.63) is 82.6 Å². The minimum absolute atomic E-state index is 0.0269. The monoisotopic (exact) mass is 433 g/mol. The van der Waals surface area contributed by atoms with Gasteiger partial charge in [-0.1, -0.05) is 23.7 Å². The van der Waals surface area contributed by atoms with E-state index in [9.17, 15) is 9.90 Å². The predicted octanol–water partition coefficient (Wildman–Crippen LogP) is 5.64. The van der Waals surface area contributed by atoms with Crippen LogP contribution in [0.5, 0.6) is 0 Å². The molecule has 148 valence electrons. The van der Waals surface area contributed by atoms with Crippen LogP contribution in [0.15, 0.2) is 66.4 Å². The summed E-state index contributed by atoms with van der Waals surface area (Å²) < 4.78 is 3.28. The van der Waals surface area contributed by atoms with Crippen molar-refractivity contribution in [2.75, 3.05) is 0 Å². The standard InChI is InChI=1S/C23H16ClN3O2S/c24-17-3-5-21-19(10-17)16(13-30-21)12-27-11-15(9-22(28)29)18-4-2-14(8-20(18)27)23-25-6-1-7-26-23/h1-8,10-11,13H,9,12H2,(H,28,29). The Labute approximate surface area is 181 Å². The van der Waals surface area contributed by atoms with E-state index in [1.807, 2.05) is 42.6 Å². The third kappa shape index (κ3) is 3.44. The van der Waals surface area contributed by atoms with Crippen molar-refractivity contribution in [2.24, 2.45) is 0 Å². The summed E-state index contributed by atoms with van der Waals surface area (Å²) >= 11 is 7.89. The molecule has 0 bridgehead atoms. The number of halogens is 1. The van der Waals surface area contributed by atoms with Crippen LogP contribution < -0.4 is 0 Å². The molecule has 1 N–H and O–H groups in total. The molecule has 5 aromatic rings. The zero-order valence-corrected chi connectivity index (χ0v) is 17.3. The van der Waals surface area contributed by atoms with Crippen LogP contribution in [0.25, 0.3) is 32.4 Å². The Morgan fingerprint density at radius 1 is 1.07 bits per heavy atom. The second kappa shape index (κ2) is 7.55. The smallest absolute Gasteiger partial charge is 0.307 e. The van der Waals surface area contributed by atoms with Crippen LogP contribution in [0.3, 0.4) is 0 Å². The summed E-state index contributed by atoms with van der Waals surface area (Å²) in [6.45, 7) is 0.621. The van der Waals surface area contributed by atoms with Gasteiger partial charge >= 0.3 is 5.97 Å². The molecule has 0 aliphatic carbocycles. The summed E-state index contributed by atoms with van der Waals surface area (Å²) in [5.41, 5.74) is 3.79. The highest BCUT2D eigenvalue weighted by molar-refractivity contribution is 7.17. The summed E-state index contributed by atoms with van der Waals surface area (Å²) in [5.74, 6) is -0.211. The Morgan fingerprint density at radius 2 is 1.90 bits per heavy atom. The largest absolute Gasteiger partial charge is 0.481 e. The van der Waals surface area contributed by atoms with Gasteiger partial charge in [0, 0.05) is 51.3 Å². The van der Waals surface area contributed by atoms with Crippen LogP contribution in [0.4, 0.5) is 0 Å². The Morgan fingerprint density at radius 3 is 2.70 bits per heavy atom. The van der Waals surface area contributed by atoms with Crippen molar-refractivity contribution in [3.8, 4) is 11.4 Å². The average Bonchev–Trinajstić information content (AvgIpc) is 3.29. The highest BCUT2D eigenvalue weighted by Crippen LogP contribution is 2.32. The van der Waals surface area contributed by atoms with Gasteiger partial charge in [-0.25, -0.2) is 9.97 Å². The molecule has 0 spiro atoms. The first kappa shape index (κ1) is 18.8. The van der Waals surface area contributed by atoms with Crippen LogP contribution in [0.1, 0.15) is 11.1 Å². The minimum atomic E-state index is -0.850. The molecule has 3 heterocycles. The van der Waals surface area contributed by atoms with Gasteiger partial charge in [0.2, 0.25) is 0 Å². The van der Waals surface area contributed by atoms with E-state index in [4.69, 9.17) is 11.6 Å². The number of nitrogens with zero attached hydrogens (tertiary/aromatic N) is 3. The van der Waals surface area contributed by atoms with Crippen LogP contribution in [-0.4, -0.2) is 25.6 Å². The highest BCUT2D eigenvalue weighted by Gasteiger charge is 2.15. The highest BCUT2D eigenvalue weighted by atomic mass is 35.5. The fourth-order valence-corrected chi connectivity index (χ4v) is 4.86. The van der Waals surface area contributed by atoms with E-state index in [1.165, 1.54) is 4.70 Å². The fourth-order valence-electron chi connectivity index (χ4n) is 3.75. The van der Waals surface area contributed by atoms with Crippen molar-refractivity contribution >= 4 is 49.9 Å². The number of rotatable bonds is 5. The third-order valence-corrected chi connectivity index (χ3v) is 6.33. The van der Waals surface area contributed by atoms with Gasteiger partial charge < -0.3 is 9.67 Å². The summed E-state index contributed by atoms with van der Waals surface area (Å²) in [6.07, 6.45) is 5.33. The van der Waals surface area contributed by atoms with Gasteiger partial charge in [-0.3, -0.25) is 4.79 Å². The molecule has 0 atom stereocenters. The van der Waals surface area contributed by atoms with E-state index in [0.29, 0.717) is 17.4 Å². The lowest BCUT2D eigenvalue weighted by atomic mass is 10.1. The number of fused-ring (bicyclic) bond motifs is 2. The Kier molecular flexibility index (Phi) is 4.73. The Hall–Kier alpha value is -3.22. The molecule has 3 aromatic heterocycles. The number of hydrogen-bond donors (Lipinski definition) is 1. The summed E-state index contributed by atoms with van der Waals surface area (Å²) in [7, 11) is 0. The lowest BCUT2D eigenvalue weighted by Gasteiger charge is -2.07. The first-order valence-electron chi connectivity index (χ1n) is 9.35. The molecule has 5 nitrogen and oxygen atoms in total. The number of aromatic nitrogens is 3. The summed E-state index contributed by atoms with van der Waals surface area (Å²) in [5, 5.41) is 14.2. The number of carboxylic acid groups (broad SMARTS) is 1. The molecule has 0 unspecified atom stereocenters. The predicted molar refractivity (Wildman–Crippen MR) is 120 cm³/mol. The maximum absolute atomic E-state index is 11.4. The Balaban J connectivity index is 1.65. The maximum Gasteiger partial charge on any atom is 0.307 e. The topological polar surface area (TPSA) is 68.0 Å². The first-order valence-corrected chi connectivity index (χ1v) is 10.6. The van der Waals surface area contributed by atoms with Crippen LogP contribution >= 0.6 is 22.9 Å². The molecule has 0 fully saturated rings. The van der Waals surface area contributed by atoms with E-state index >= 15 is 0 Å². The lowest BCUT2D eigenvalue weighted by Crippen LogP contribution is -2.00. The maximum atomic E-state index is 11.4. The number of carbonyl (C=O) groups is 1. The molecule has 0 saturated heterocycles. The number of benzene rings is 2.